The molecule has 7 nitrogen and oxygen atoms in total. The summed E-state index contributed by atoms with van der Waals surface area (Å²) in [4.78, 5) is 33.4. The first-order valence-corrected chi connectivity index (χ1v) is 7.79. The number of rotatable bonds is 6. The van der Waals surface area contributed by atoms with Crippen molar-refractivity contribution in [2.75, 3.05) is 23.7 Å². The van der Waals surface area contributed by atoms with E-state index < -0.39 is 0 Å². The maximum atomic E-state index is 12.2. The Morgan fingerprint density at radius 3 is 2.38 bits per heavy atom. The summed E-state index contributed by atoms with van der Waals surface area (Å²) in [7, 11) is 0. The predicted molar refractivity (Wildman–Crippen MR) is 93.3 cm³/mol. The Bertz CT molecular complexity index is 711. The number of carbonyl (C=O) groups is 2. The molecule has 2 rings (SSSR count). The molecule has 0 fully saturated rings. The minimum atomic E-state index is -0.133. The average molecular weight is 327 g/mol. The second-order valence-corrected chi connectivity index (χ2v) is 5.15. The van der Waals surface area contributed by atoms with Gasteiger partial charge in [0.25, 0.3) is 5.91 Å². The first kappa shape index (κ1) is 17.4. The van der Waals surface area contributed by atoms with E-state index in [4.69, 9.17) is 0 Å². The van der Waals surface area contributed by atoms with Crippen LogP contribution in [0.15, 0.2) is 36.7 Å². The maximum absolute atomic E-state index is 12.2. The molecule has 0 unspecified atom stereocenters. The standard InChI is InChI=1S/C17H21N5O2/c1-4-22(5-2)17(24)15-10-19-16(11-18-15)21-14-8-6-7-13(9-14)20-12(3)23/h6-11H,4-5H2,1-3H3,(H,19,21)(H,20,23). The first-order chi connectivity index (χ1) is 11.5. The van der Waals surface area contributed by atoms with E-state index in [9.17, 15) is 9.59 Å². The van der Waals surface area contributed by atoms with Crippen LogP contribution in [0.2, 0.25) is 0 Å². The van der Waals surface area contributed by atoms with Crippen molar-refractivity contribution in [3.8, 4) is 0 Å². The van der Waals surface area contributed by atoms with Gasteiger partial charge in [-0.25, -0.2) is 9.97 Å². The van der Waals surface area contributed by atoms with E-state index in [0.717, 1.165) is 5.69 Å². The molecule has 24 heavy (non-hydrogen) atoms. The third-order valence-corrected chi connectivity index (χ3v) is 3.38. The number of hydrogen-bond donors (Lipinski definition) is 2. The molecule has 0 atom stereocenters. The van der Waals surface area contributed by atoms with Crippen molar-refractivity contribution in [2.45, 2.75) is 20.8 Å². The molecular formula is C17H21N5O2. The molecule has 0 bridgehead atoms. The fourth-order valence-corrected chi connectivity index (χ4v) is 2.20. The Kier molecular flexibility index (Phi) is 5.83. The molecular weight excluding hydrogens is 306 g/mol. The molecule has 7 heteroatoms. The van der Waals surface area contributed by atoms with Gasteiger partial charge in [-0.3, -0.25) is 9.59 Å². The molecule has 2 N–H and O–H groups in total. The molecule has 0 aliphatic carbocycles. The Labute approximate surface area is 141 Å². The lowest BCUT2D eigenvalue weighted by molar-refractivity contribution is -0.114. The summed E-state index contributed by atoms with van der Waals surface area (Å²) in [6, 6.07) is 7.25. The minimum absolute atomic E-state index is 0.133. The molecule has 1 aromatic heterocycles. The van der Waals surface area contributed by atoms with Gasteiger partial charge in [0.05, 0.1) is 12.4 Å². The first-order valence-electron chi connectivity index (χ1n) is 7.79. The summed E-state index contributed by atoms with van der Waals surface area (Å²) < 4.78 is 0. The van der Waals surface area contributed by atoms with Crippen molar-refractivity contribution in [3.63, 3.8) is 0 Å². The van der Waals surface area contributed by atoms with Crippen LogP contribution in [0.3, 0.4) is 0 Å². The van der Waals surface area contributed by atoms with Crippen LogP contribution in [0.25, 0.3) is 0 Å². The summed E-state index contributed by atoms with van der Waals surface area (Å²) in [6.45, 7) is 6.57. The zero-order chi connectivity index (χ0) is 17.5. The highest BCUT2D eigenvalue weighted by atomic mass is 16.2. The Morgan fingerprint density at radius 1 is 1.08 bits per heavy atom. The summed E-state index contributed by atoms with van der Waals surface area (Å²) in [6.07, 6.45) is 2.97. The third-order valence-electron chi connectivity index (χ3n) is 3.38. The highest BCUT2D eigenvalue weighted by Gasteiger charge is 2.14. The topological polar surface area (TPSA) is 87.2 Å². The lowest BCUT2D eigenvalue weighted by Gasteiger charge is -2.17. The number of benzene rings is 1. The Morgan fingerprint density at radius 2 is 1.79 bits per heavy atom. The van der Waals surface area contributed by atoms with E-state index in [2.05, 4.69) is 20.6 Å². The van der Waals surface area contributed by atoms with Gasteiger partial charge in [0, 0.05) is 31.4 Å². The van der Waals surface area contributed by atoms with Crippen molar-refractivity contribution in [2.24, 2.45) is 0 Å². The van der Waals surface area contributed by atoms with Crippen molar-refractivity contribution >= 4 is 29.0 Å². The Hall–Kier alpha value is -2.96. The van der Waals surface area contributed by atoms with Crippen molar-refractivity contribution in [3.05, 3.63) is 42.4 Å². The van der Waals surface area contributed by atoms with E-state index >= 15 is 0 Å². The van der Waals surface area contributed by atoms with E-state index in [-0.39, 0.29) is 11.8 Å². The smallest absolute Gasteiger partial charge is 0.274 e. The normalized spacial score (nSPS) is 10.1. The fraction of sp³-hybridized carbons (Fsp3) is 0.294. The van der Waals surface area contributed by atoms with Crippen LogP contribution in [0.5, 0.6) is 0 Å². The van der Waals surface area contributed by atoms with Gasteiger partial charge in [0.1, 0.15) is 11.5 Å². The molecule has 1 aromatic carbocycles. The molecule has 0 spiro atoms. The van der Waals surface area contributed by atoms with Crippen molar-refractivity contribution in [1.29, 1.82) is 0 Å². The molecule has 0 saturated heterocycles. The molecule has 0 saturated carbocycles. The van der Waals surface area contributed by atoms with Crippen molar-refractivity contribution in [1.82, 2.24) is 14.9 Å². The molecule has 0 aliphatic heterocycles. The lowest BCUT2D eigenvalue weighted by atomic mass is 10.2. The van der Waals surface area contributed by atoms with E-state index in [1.54, 1.807) is 17.0 Å². The summed E-state index contributed by atoms with van der Waals surface area (Å²) in [5.41, 5.74) is 1.77. The molecule has 2 aromatic rings. The van der Waals surface area contributed by atoms with Crippen LogP contribution in [0, 0.1) is 0 Å². The van der Waals surface area contributed by atoms with Crippen molar-refractivity contribution < 1.29 is 9.59 Å². The van der Waals surface area contributed by atoms with Gasteiger partial charge < -0.3 is 15.5 Å². The van der Waals surface area contributed by atoms with Gasteiger partial charge in [-0.15, -0.1) is 0 Å². The second kappa shape index (κ2) is 8.05. The fourth-order valence-electron chi connectivity index (χ4n) is 2.20. The largest absolute Gasteiger partial charge is 0.339 e. The number of nitrogens with one attached hydrogen (secondary N) is 2. The molecule has 1 heterocycles. The number of aromatic nitrogens is 2. The van der Waals surface area contributed by atoms with Gasteiger partial charge in [0.15, 0.2) is 0 Å². The number of nitrogens with zero attached hydrogens (tertiary/aromatic N) is 3. The van der Waals surface area contributed by atoms with Crippen LogP contribution < -0.4 is 10.6 Å². The minimum Gasteiger partial charge on any atom is -0.339 e. The maximum Gasteiger partial charge on any atom is 0.274 e. The lowest BCUT2D eigenvalue weighted by Crippen LogP contribution is -2.31. The van der Waals surface area contributed by atoms with E-state index in [1.807, 2.05) is 26.0 Å². The van der Waals surface area contributed by atoms with E-state index in [1.165, 1.54) is 19.3 Å². The SMILES string of the molecule is CCN(CC)C(=O)c1cnc(Nc2cccc(NC(C)=O)c2)cn1. The summed E-state index contributed by atoms with van der Waals surface area (Å²) >= 11 is 0. The predicted octanol–water partition coefficient (Wildman–Crippen LogP) is 2.66. The van der Waals surface area contributed by atoms with Crippen LogP contribution >= 0.6 is 0 Å². The number of amides is 2. The van der Waals surface area contributed by atoms with Gasteiger partial charge in [-0.05, 0) is 32.0 Å². The van der Waals surface area contributed by atoms with Gasteiger partial charge >= 0.3 is 0 Å². The monoisotopic (exact) mass is 327 g/mol. The number of carbonyl (C=O) groups excluding carboxylic acids is 2. The van der Waals surface area contributed by atoms with Crippen LogP contribution in [-0.4, -0.2) is 39.8 Å². The van der Waals surface area contributed by atoms with Gasteiger partial charge in [0.2, 0.25) is 5.91 Å². The zero-order valence-corrected chi connectivity index (χ0v) is 14.0. The highest BCUT2D eigenvalue weighted by molar-refractivity contribution is 5.92. The third kappa shape index (κ3) is 4.52. The molecule has 126 valence electrons. The quantitative estimate of drug-likeness (QED) is 0.852. The summed E-state index contributed by atoms with van der Waals surface area (Å²) in [5, 5.41) is 5.81. The zero-order valence-electron chi connectivity index (χ0n) is 14.0. The number of anilines is 3. The van der Waals surface area contributed by atoms with Gasteiger partial charge in [-0.1, -0.05) is 6.07 Å². The summed E-state index contributed by atoms with van der Waals surface area (Å²) in [5.74, 6) is 0.254. The van der Waals surface area contributed by atoms with Crippen LogP contribution in [0.1, 0.15) is 31.3 Å². The highest BCUT2D eigenvalue weighted by Crippen LogP contribution is 2.18. The van der Waals surface area contributed by atoms with Crippen LogP contribution in [0.4, 0.5) is 17.2 Å². The Balaban J connectivity index is 2.09. The van der Waals surface area contributed by atoms with E-state index in [0.29, 0.717) is 30.3 Å². The molecule has 0 aliphatic rings. The van der Waals surface area contributed by atoms with Crippen LogP contribution in [-0.2, 0) is 4.79 Å². The second-order valence-electron chi connectivity index (χ2n) is 5.15. The molecule has 2 amide bonds. The van der Waals surface area contributed by atoms with Gasteiger partial charge in [-0.2, -0.15) is 0 Å². The molecule has 0 radical (unpaired) electrons. The number of hydrogen-bond acceptors (Lipinski definition) is 5. The average Bonchev–Trinajstić information content (AvgIpc) is 2.56.